The first-order valence-electron chi connectivity index (χ1n) is 8.73. The SMILES string of the molecule is O=C(CNS(=O)(=O)c1c(F)cccc1F)N1CCC(S(=O)(=O)c2ccc(Cl)cc2)C1. The number of hydrogen-bond acceptors (Lipinski definition) is 5. The van der Waals surface area contributed by atoms with Crippen LogP contribution in [0.15, 0.2) is 52.3 Å². The lowest BCUT2D eigenvalue weighted by molar-refractivity contribution is -0.128. The normalized spacial score (nSPS) is 17.3. The van der Waals surface area contributed by atoms with E-state index in [9.17, 15) is 30.4 Å². The van der Waals surface area contributed by atoms with Crippen LogP contribution in [0.5, 0.6) is 0 Å². The topological polar surface area (TPSA) is 101 Å². The minimum Gasteiger partial charge on any atom is -0.340 e. The molecule has 2 aromatic carbocycles. The van der Waals surface area contributed by atoms with Crippen molar-refractivity contribution in [3.8, 4) is 0 Å². The van der Waals surface area contributed by atoms with Crippen LogP contribution in [-0.4, -0.2) is 52.5 Å². The zero-order valence-corrected chi connectivity index (χ0v) is 17.8. The average Bonchev–Trinajstić information content (AvgIpc) is 3.17. The van der Waals surface area contributed by atoms with Crippen LogP contribution in [0.1, 0.15) is 6.42 Å². The van der Waals surface area contributed by atoms with Gasteiger partial charge < -0.3 is 4.90 Å². The van der Waals surface area contributed by atoms with Crippen LogP contribution in [0.25, 0.3) is 0 Å². The number of likely N-dealkylation sites (tertiary alicyclic amines) is 1. The summed E-state index contributed by atoms with van der Waals surface area (Å²) >= 11 is 5.77. The molecule has 0 bridgehead atoms. The molecule has 0 saturated carbocycles. The number of nitrogens with one attached hydrogen (secondary N) is 1. The maximum Gasteiger partial charge on any atom is 0.246 e. The molecule has 2 aromatic rings. The van der Waals surface area contributed by atoms with Crippen molar-refractivity contribution in [1.82, 2.24) is 9.62 Å². The second-order valence-corrected chi connectivity index (χ2v) is 11.0. The molecule has 0 aliphatic carbocycles. The standard InChI is InChI=1S/C18H17ClF2N2O5S2/c19-12-4-6-13(7-5-12)29(25,26)14-8-9-23(11-14)17(24)10-22-30(27,28)18-15(20)2-1-3-16(18)21/h1-7,14,22H,8-11H2. The zero-order valence-electron chi connectivity index (χ0n) is 15.4. The fraction of sp³-hybridized carbons (Fsp3) is 0.278. The summed E-state index contributed by atoms with van der Waals surface area (Å²) in [5.41, 5.74) is 0. The molecule has 0 radical (unpaired) electrons. The number of benzene rings is 2. The first-order chi connectivity index (χ1) is 14.0. The molecule has 12 heteroatoms. The van der Waals surface area contributed by atoms with Gasteiger partial charge in [-0.25, -0.2) is 30.3 Å². The van der Waals surface area contributed by atoms with E-state index in [1.165, 1.54) is 29.2 Å². The molecule has 30 heavy (non-hydrogen) atoms. The second-order valence-electron chi connectivity index (χ2n) is 6.62. The fourth-order valence-corrected chi connectivity index (χ4v) is 6.03. The smallest absolute Gasteiger partial charge is 0.246 e. The van der Waals surface area contributed by atoms with Gasteiger partial charge in [-0.05, 0) is 42.8 Å². The molecule has 1 amide bonds. The summed E-state index contributed by atoms with van der Waals surface area (Å²) in [5.74, 6) is -3.28. The van der Waals surface area contributed by atoms with Crippen molar-refractivity contribution in [2.75, 3.05) is 19.6 Å². The zero-order chi connectivity index (χ0) is 22.1. The lowest BCUT2D eigenvalue weighted by atomic mass is 10.3. The third kappa shape index (κ3) is 4.64. The van der Waals surface area contributed by atoms with Gasteiger partial charge >= 0.3 is 0 Å². The minimum atomic E-state index is -4.61. The monoisotopic (exact) mass is 478 g/mol. The quantitative estimate of drug-likeness (QED) is 0.684. The maximum atomic E-state index is 13.7. The number of carbonyl (C=O) groups excluding carboxylic acids is 1. The highest BCUT2D eigenvalue weighted by molar-refractivity contribution is 7.92. The predicted octanol–water partition coefficient (Wildman–Crippen LogP) is 1.97. The average molecular weight is 479 g/mol. The van der Waals surface area contributed by atoms with Crippen molar-refractivity contribution >= 4 is 37.4 Å². The Morgan fingerprint density at radius 1 is 1.07 bits per heavy atom. The van der Waals surface area contributed by atoms with Gasteiger partial charge in [0, 0.05) is 18.1 Å². The largest absolute Gasteiger partial charge is 0.340 e. The molecule has 0 aromatic heterocycles. The molecular weight excluding hydrogens is 462 g/mol. The van der Waals surface area contributed by atoms with Crippen molar-refractivity contribution < 1.29 is 30.4 Å². The van der Waals surface area contributed by atoms with E-state index in [-0.39, 0.29) is 24.4 Å². The summed E-state index contributed by atoms with van der Waals surface area (Å²) in [6.45, 7) is -0.782. The van der Waals surface area contributed by atoms with Gasteiger partial charge in [0.15, 0.2) is 14.7 Å². The van der Waals surface area contributed by atoms with E-state index in [2.05, 4.69) is 0 Å². The molecule has 1 unspecified atom stereocenters. The van der Waals surface area contributed by atoms with Crippen LogP contribution in [0.3, 0.4) is 0 Å². The lowest BCUT2D eigenvalue weighted by Crippen LogP contribution is -2.40. The van der Waals surface area contributed by atoms with Gasteiger partial charge in [0.2, 0.25) is 15.9 Å². The number of carbonyl (C=O) groups is 1. The fourth-order valence-electron chi connectivity index (χ4n) is 3.10. The second kappa shape index (κ2) is 8.58. The Hall–Kier alpha value is -2.08. The molecular formula is C18H17ClF2N2O5S2. The van der Waals surface area contributed by atoms with Gasteiger partial charge in [-0.3, -0.25) is 4.79 Å². The van der Waals surface area contributed by atoms with E-state index in [0.29, 0.717) is 5.02 Å². The molecule has 1 aliphatic heterocycles. The summed E-state index contributed by atoms with van der Waals surface area (Å²) in [6.07, 6.45) is 0.172. The number of hydrogen-bond donors (Lipinski definition) is 1. The maximum absolute atomic E-state index is 13.7. The van der Waals surface area contributed by atoms with Crippen molar-refractivity contribution in [2.24, 2.45) is 0 Å². The molecule has 3 rings (SSSR count). The molecule has 1 aliphatic rings. The van der Waals surface area contributed by atoms with E-state index in [4.69, 9.17) is 11.6 Å². The van der Waals surface area contributed by atoms with Crippen LogP contribution in [0.2, 0.25) is 5.02 Å². The summed E-state index contributed by atoms with van der Waals surface area (Å²) < 4.78 is 79.0. The number of halogens is 3. The first kappa shape index (κ1) is 22.6. The van der Waals surface area contributed by atoms with E-state index >= 15 is 0 Å². The van der Waals surface area contributed by atoms with E-state index in [1.54, 1.807) is 0 Å². The minimum absolute atomic E-state index is 0.0712. The number of sulfone groups is 1. The summed E-state index contributed by atoms with van der Waals surface area (Å²) in [5, 5.41) is -0.473. The first-order valence-corrected chi connectivity index (χ1v) is 12.1. The van der Waals surface area contributed by atoms with E-state index in [0.717, 1.165) is 18.2 Å². The summed E-state index contributed by atoms with van der Waals surface area (Å²) in [7, 11) is -8.32. The van der Waals surface area contributed by atoms with Gasteiger partial charge in [0.1, 0.15) is 11.6 Å². The molecule has 1 N–H and O–H groups in total. The Morgan fingerprint density at radius 2 is 1.67 bits per heavy atom. The van der Waals surface area contributed by atoms with Gasteiger partial charge in [-0.15, -0.1) is 0 Å². The number of amides is 1. The van der Waals surface area contributed by atoms with E-state index in [1.807, 2.05) is 4.72 Å². The third-order valence-corrected chi connectivity index (χ3v) is 8.58. The summed E-state index contributed by atoms with van der Waals surface area (Å²) in [6, 6.07) is 8.23. The van der Waals surface area contributed by atoms with Gasteiger partial charge in [-0.2, -0.15) is 0 Å². The van der Waals surface area contributed by atoms with Crippen molar-refractivity contribution in [3.63, 3.8) is 0 Å². The third-order valence-electron chi connectivity index (χ3n) is 4.68. The van der Waals surface area contributed by atoms with E-state index < -0.39 is 54.1 Å². The van der Waals surface area contributed by atoms with Crippen LogP contribution in [0, 0.1) is 11.6 Å². The van der Waals surface area contributed by atoms with Crippen molar-refractivity contribution in [1.29, 1.82) is 0 Å². The van der Waals surface area contributed by atoms with Crippen LogP contribution in [0.4, 0.5) is 8.78 Å². The Kier molecular flexibility index (Phi) is 6.46. The summed E-state index contributed by atoms with van der Waals surface area (Å²) in [4.78, 5) is 12.4. The Labute approximate surface area is 177 Å². The van der Waals surface area contributed by atoms with Crippen molar-refractivity contribution in [3.05, 3.63) is 59.1 Å². The molecule has 0 spiro atoms. The van der Waals surface area contributed by atoms with Crippen LogP contribution >= 0.6 is 11.6 Å². The predicted molar refractivity (Wildman–Crippen MR) is 105 cm³/mol. The molecule has 162 valence electrons. The highest BCUT2D eigenvalue weighted by Crippen LogP contribution is 2.25. The van der Waals surface area contributed by atoms with Gasteiger partial charge in [0.05, 0.1) is 16.7 Å². The van der Waals surface area contributed by atoms with Crippen LogP contribution < -0.4 is 4.72 Å². The number of sulfonamides is 1. The Bertz CT molecular complexity index is 1150. The van der Waals surface area contributed by atoms with Gasteiger partial charge in [-0.1, -0.05) is 17.7 Å². The highest BCUT2D eigenvalue weighted by Gasteiger charge is 2.36. The molecule has 1 fully saturated rings. The molecule has 1 heterocycles. The van der Waals surface area contributed by atoms with Crippen LogP contribution in [-0.2, 0) is 24.7 Å². The number of nitrogens with zero attached hydrogens (tertiary/aromatic N) is 1. The lowest BCUT2D eigenvalue weighted by Gasteiger charge is -2.17. The Morgan fingerprint density at radius 3 is 2.27 bits per heavy atom. The highest BCUT2D eigenvalue weighted by atomic mass is 35.5. The molecule has 1 atom stereocenters. The van der Waals surface area contributed by atoms with Crippen molar-refractivity contribution in [2.45, 2.75) is 21.5 Å². The molecule has 7 nitrogen and oxygen atoms in total. The Balaban J connectivity index is 1.66. The number of rotatable bonds is 6. The molecule has 1 saturated heterocycles. The van der Waals surface area contributed by atoms with Gasteiger partial charge in [0.25, 0.3) is 0 Å².